The van der Waals surface area contributed by atoms with Crippen molar-refractivity contribution in [1.29, 1.82) is 0 Å². The van der Waals surface area contributed by atoms with Gasteiger partial charge in [0.1, 0.15) is 0 Å². The van der Waals surface area contributed by atoms with Gasteiger partial charge in [-0.3, -0.25) is 4.79 Å². The van der Waals surface area contributed by atoms with Crippen LogP contribution in [0.1, 0.15) is 46.0 Å². The zero-order valence-corrected chi connectivity index (χ0v) is 12.4. The van der Waals surface area contributed by atoms with Crippen molar-refractivity contribution < 1.29 is 9.53 Å². The van der Waals surface area contributed by atoms with Gasteiger partial charge in [0, 0.05) is 24.5 Å². The lowest BCUT2D eigenvalue weighted by Gasteiger charge is -2.51. The molecule has 2 saturated carbocycles. The van der Waals surface area contributed by atoms with Crippen LogP contribution in [-0.2, 0) is 9.53 Å². The topological polar surface area (TPSA) is 64.3 Å². The van der Waals surface area contributed by atoms with E-state index in [1.165, 1.54) is 0 Å². The van der Waals surface area contributed by atoms with Gasteiger partial charge in [0.15, 0.2) is 0 Å². The number of ether oxygens (including phenoxy) is 1. The van der Waals surface area contributed by atoms with Crippen LogP contribution in [0.15, 0.2) is 0 Å². The highest BCUT2D eigenvalue weighted by atomic mass is 16.5. The smallest absolute Gasteiger partial charge is 0.223 e. The number of methoxy groups -OCH3 is 1. The monoisotopic (exact) mass is 268 g/mol. The molecule has 0 aromatic rings. The third kappa shape index (κ3) is 2.95. The molecule has 2 aliphatic rings. The first kappa shape index (κ1) is 14.8. The summed E-state index contributed by atoms with van der Waals surface area (Å²) >= 11 is 0. The quantitative estimate of drug-likeness (QED) is 0.815. The Morgan fingerprint density at radius 3 is 2.42 bits per heavy atom. The van der Waals surface area contributed by atoms with Crippen LogP contribution >= 0.6 is 0 Å². The highest BCUT2D eigenvalue weighted by molar-refractivity contribution is 5.79. The average Bonchev–Trinajstić information content (AvgIpc) is 2.42. The van der Waals surface area contributed by atoms with Crippen LogP contribution in [-0.4, -0.2) is 31.7 Å². The summed E-state index contributed by atoms with van der Waals surface area (Å²) in [6, 6.07) is 0.261. The van der Waals surface area contributed by atoms with Crippen molar-refractivity contribution in [1.82, 2.24) is 5.32 Å². The Morgan fingerprint density at radius 2 is 1.95 bits per heavy atom. The maximum absolute atomic E-state index is 12.3. The summed E-state index contributed by atoms with van der Waals surface area (Å²) in [6.45, 7) is 5.10. The summed E-state index contributed by atoms with van der Waals surface area (Å²) in [4.78, 5) is 12.3. The molecule has 0 bridgehead atoms. The summed E-state index contributed by atoms with van der Waals surface area (Å²) in [7, 11) is 1.75. The van der Waals surface area contributed by atoms with Crippen LogP contribution in [0.25, 0.3) is 0 Å². The van der Waals surface area contributed by atoms with Gasteiger partial charge in [-0.15, -0.1) is 0 Å². The molecule has 2 unspecified atom stereocenters. The molecule has 0 heterocycles. The van der Waals surface area contributed by atoms with Crippen LogP contribution < -0.4 is 11.1 Å². The van der Waals surface area contributed by atoms with Gasteiger partial charge in [-0.2, -0.15) is 0 Å². The zero-order chi connectivity index (χ0) is 14.0. The molecule has 0 radical (unpaired) electrons. The number of hydrogen-bond acceptors (Lipinski definition) is 3. The molecule has 0 aromatic heterocycles. The molecule has 0 spiro atoms. The first-order valence-electron chi connectivity index (χ1n) is 7.52. The lowest BCUT2D eigenvalue weighted by Crippen LogP contribution is -2.62. The highest BCUT2D eigenvalue weighted by Gasteiger charge is 2.49. The van der Waals surface area contributed by atoms with Crippen molar-refractivity contribution in [2.75, 3.05) is 13.7 Å². The fraction of sp³-hybridized carbons (Fsp3) is 0.933. The van der Waals surface area contributed by atoms with Gasteiger partial charge in [0.25, 0.3) is 0 Å². The van der Waals surface area contributed by atoms with Gasteiger partial charge < -0.3 is 15.8 Å². The molecule has 1 amide bonds. The minimum atomic E-state index is 0.0544. The van der Waals surface area contributed by atoms with Crippen molar-refractivity contribution in [2.45, 2.75) is 58.1 Å². The third-order valence-corrected chi connectivity index (χ3v) is 5.33. The van der Waals surface area contributed by atoms with Gasteiger partial charge >= 0.3 is 0 Å². The second-order valence-electron chi connectivity index (χ2n) is 6.80. The minimum absolute atomic E-state index is 0.0544. The number of amides is 1. The number of hydrogen-bond donors (Lipinski definition) is 2. The molecule has 2 rings (SSSR count). The Bertz CT molecular complexity index is 322. The Morgan fingerprint density at radius 1 is 1.32 bits per heavy atom. The summed E-state index contributed by atoms with van der Waals surface area (Å²) in [5.74, 6) is 1.06. The Hall–Kier alpha value is -0.610. The van der Waals surface area contributed by atoms with Crippen LogP contribution in [0.3, 0.4) is 0 Å². The fourth-order valence-corrected chi connectivity index (χ4v) is 3.48. The van der Waals surface area contributed by atoms with Crippen molar-refractivity contribution >= 4 is 5.91 Å². The number of carbonyl (C=O) groups excluding carboxylic acids is 1. The van der Waals surface area contributed by atoms with E-state index in [0.717, 1.165) is 38.6 Å². The van der Waals surface area contributed by atoms with Crippen LogP contribution in [0.4, 0.5) is 0 Å². The van der Waals surface area contributed by atoms with Gasteiger partial charge in [-0.25, -0.2) is 0 Å². The molecule has 3 N–H and O–H groups in total. The van der Waals surface area contributed by atoms with E-state index in [1.54, 1.807) is 7.11 Å². The van der Waals surface area contributed by atoms with E-state index >= 15 is 0 Å². The van der Waals surface area contributed by atoms with Gasteiger partial charge in [0.2, 0.25) is 5.91 Å². The van der Waals surface area contributed by atoms with Crippen molar-refractivity contribution in [3.8, 4) is 0 Å². The Balaban J connectivity index is 1.80. The van der Waals surface area contributed by atoms with E-state index in [-0.39, 0.29) is 29.4 Å². The first-order valence-corrected chi connectivity index (χ1v) is 7.52. The summed E-state index contributed by atoms with van der Waals surface area (Å²) in [5, 5.41) is 3.22. The predicted molar refractivity (Wildman–Crippen MR) is 75.6 cm³/mol. The molecule has 0 aromatic carbocycles. The summed E-state index contributed by atoms with van der Waals surface area (Å²) in [5.41, 5.74) is 5.74. The maximum atomic E-state index is 12.3. The van der Waals surface area contributed by atoms with E-state index in [9.17, 15) is 4.79 Å². The second kappa shape index (κ2) is 5.80. The highest BCUT2D eigenvalue weighted by Crippen LogP contribution is 2.42. The number of carbonyl (C=O) groups is 1. The van der Waals surface area contributed by atoms with Crippen molar-refractivity contribution in [2.24, 2.45) is 23.0 Å². The van der Waals surface area contributed by atoms with E-state index in [1.807, 2.05) is 0 Å². The van der Waals surface area contributed by atoms with Gasteiger partial charge in [0.05, 0.1) is 6.10 Å². The molecule has 2 atom stereocenters. The molecular formula is C15H28N2O2. The second-order valence-corrected chi connectivity index (χ2v) is 6.80. The number of nitrogens with two attached hydrogens (primary N) is 1. The standard InChI is InChI=1S/C15H28N2O2/c1-15(2)12(8-13(15)19-3)17-14(18)11-6-4-10(9-16)5-7-11/h10-13H,4-9,16H2,1-3H3,(H,17,18). The zero-order valence-electron chi connectivity index (χ0n) is 12.4. The van der Waals surface area contributed by atoms with Crippen LogP contribution in [0.5, 0.6) is 0 Å². The van der Waals surface area contributed by atoms with Crippen molar-refractivity contribution in [3.05, 3.63) is 0 Å². The SMILES string of the molecule is COC1CC(NC(=O)C2CCC(CN)CC2)C1(C)C. The Kier molecular flexibility index (Phi) is 4.51. The molecule has 110 valence electrons. The van der Waals surface area contributed by atoms with Gasteiger partial charge in [-0.1, -0.05) is 13.8 Å². The van der Waals surface area contributed by atoms with Crippen LogP contribution in [0.2, 0.25) is 0 Å². The molecule has 19 heavy (non-hydrogen) atoms. The minimum Gasteiger partial charge on any atom is -0.381 e. The lowest BCUT2D eigenvalue weighted by molar-refractivity contribution is -0.137. The normalized spacial score (nSPS) is 37.5. The molecule has 0 saturated heterocycles. The molecule has 2 fully saturated rings. The first-order chi connectivity index (χ1) is 8.98. The molecule has 4 heteroatoms. The molecule has 0 aliphatic heterocycles. The molecule has 2 aliphatic carbocycles. The maximum Gasteiger partial charge on any atom is 0.223 e. The lowest BCUT2D eigenvalue weighted by atomic mass is 9.64. The van der Waals surface area contributed by atoms with E-state index in [4.69, 9.17) is 10.5 Å². The number of nitrogens with one attached hydrogen (secondary N) is 1. The Labute approximate surface area is 116 Å². The largest absolute Gasteiger partial charge is 0.381 e. The van der Waals surface area contributed by atoms with Gasteiger partial charge in [-0.05, 0) is 44.6 Å². The molecular weight excluding hydrogens is 240 g/mol. The van der Waals surface area contributed by atoms with E-state index in [0.29, 0.717) is 5.92 Å². The third-order valence-electron chi connectivity index (χ3n) is 5.33. The number of rotatable bonds is 4. The van der Waals surface area contributed by atoms with Crippen molar-refractivity contribution in [3.63, 3.8) is 0 Å². The average molecular weight is 268 g/mol. The van der Waals surface area contributed by atoms with E-state index in [2.05, 4.69) is 19.2 Å². The predicted octanol–water partition coefficient (Wildman–Crippen LogP) is 1.68. The fourth-order valence-electron chi connectivity index (χ4n) is 3.48. The van der Waals surface area contributed by atoms with Crippen LogP contribution in [0, 0.1) is 17.3 Å². The molecule has 4 nitrogen and oxygen atoms in total. The summed E-state index contributed by atoms with van der Waals surface area (Å²) in [6.07, 6.45) is 5.40. The summed E-state index contributed by atoms with van der Waals surface area (Å²) < 4.78 is 5.42. The van der Waals surface area contributed by atoms with E-state index < -0.39 is 0 Å².